The minimum absolute atomic E-state index is 0.228. The Labute approximate surface area is 113 Å². The number of ether oxygens (including phenoxy) is 2. The molecule has 0 amide bonds. The highest BCUT2D eigenvalue weighted by molar-refractivity contribution is 5.82. The number of aromatic nitrogens is 1. The molecule has 0 aliphatic carbocycles. The number of nitrogens with two attached hydrogens (primary N) is 1. The summed E-state index contributed by atoms with van der Waals surface area (Å²) in [6.07, 6.45) is 1.21. The lowest BCUT2D eigenvalue weighted by atomic mass is 10.1. The maximum absolute atomic E-state index is 5.97. The van der Waals surface area contributed by atoms with Crippen LogP contribution in [0.5, 0.6) is 5.75 Å². The van der Waals surface area contributed by atoms with Crippen molar-refractivity contribution in [1.82, 2.24) is 4.98 Å². The van der Waals surface area contributed by atoms with Gasteiger partial charge in [0.25, 0.3) is 0 Å². The van der Waals surface area contributed by atoms with Crippen LogP contribution in [0.3, 0.4) is 0 Å². The minimum Gasteiger partial charge on any atom is -0.497 e. The Bertz CT molecular complexity index is 569. The van der Waals surface area contributed by atoms with Gasteiger partial charge in [0.1, 0.15) is 11.6 Å². The molecule has 0 aliphatic rings. The molecule has 0 spiro atoms. The molecule has 1 heterocycles. The first kappa shape index (κ1) is 13.6. The molecule has 4 heteroatoms. The van der Waals surface area contributed by atoms with Gasteiger partial charge in [-0.3, -0.25) is 0 Å². The summed E-state index contributed by atoms with van der Waals surface area (Å²) in [5, 5.41) is 1.04. The fraction of sp³-hybridized carbons (Fsp3) is 0.400. The number of methoxy groups -OCH3 is 1. The summed E-state index contributed by atoms with van der Waals surface area (Å²) in [7, 11) is 1.64. The third-order valence-corrected chi connectivity index (χ3v) is 3.24. The van der Waals surface area contributed by atoms with Gasteiger partial charge in [-0.2, -0.15) is 0 Å². The van der Waals surface area contributed by atoms with Crippen LogP contribution in [0.4, 0.5) is 5.82 Å². The Balaban J connectivity index is 2.28. The van der Waals surface area contributed by atoms with Gasteiger partial charge >= 0.3 is 0 Å². The van der Waals surface area contributed by atoms with E-state index in [1.165, 1.54) is 0 Å². The number of hydrogen-bond acceptors (Lipinski definition) is 4. The van der Waals surface area contributed by atoms with Gasteiger partial charge < -0.3 is 15.2 Å². The number of fused-ring (bicyclic) bond motifs is 1. The average molecular weight is 260 g/mol. The first-order valence-electron chi connectivity index (χ1n) is 6.48. The van der Waals surface area contributed by atoms with Crippen molar-refractivity contribution in [3.05, 3.63) is 29.8 Å². The van der Waals surface area contributed by atoms with Crippen LogP contribution in [0.2, 0.25) is 0 Å². The maximum Gasteiger partial charge on any atom is 0.129 e. The van der Waals surface area contributed by atoms with Crippen molar-refractivity contribution in [3.8, 4) is 5.75 Å². The van der Waals surface area contributed by atoms with Crippen LogP contribution in [0.25, 0.3) is 10.9 Å². The fourth-order valence-electron chi connectivity index (χ4n) is 1.80. The van der Waals surface area contributed by atoms with Crippen LogP contribution in [0, 0.1) is 0 Å². The summed E-state index contributed by atoms with van der Waals surface area (Å²) in [5.74, 6) is 1.30. The molecule has 0 fully saturated rings. The SMILES string of the molecule is CCC(C)OCc1cc2ccc(OC)cc2nc1N. The number of nitrogen functional groups attached to an aromatic ring is 1. The number of anilines is 1. The van der Waals surface area contributed by atoms with Gasteiger partial charge in [0.2, 0.25) is 0 Å². The lowest BCUT2D eigenvalue weighted by molar-refractivity contribution is 0.0511. The molecule has 0 saturated carbocycles. The van der Waals surface area contributed by atoms with Crippen LogP contribution >= 0.6 is 0 Å². The molecular formula is C15H20N2O2. The Morgan fingerprint density at radius 2 is 2.11 bits per heavy atom. The van der Waals surface area contributed by atoms with Crippen molar-refractivity contribution in [1.29, 1.82) is 0 Å². The van der Waals surface area contributed by atoms with Crippen LogP contribution in [-0.2, 0) is 11.3 Å². The minimum atomic E-state index is 0.228. The number of benzene rings is 1. The summed E-state index contributed by atoms with van der Waals surface area (Å²) < 4.78 is 10.9. The summed E-state index contributed by atoms with van der Waals surface area (Å²) in [5.41, 5.74) is 7.74. The van der Waals surface area contributed by atoms with Gasteiger partial charge in [-0.05, 0) is 31.5 Å². The normalized spacial score (nSPS) is 12.6. The van der Waals surface area contributed by atoms with Crippen LogP contribution in [0.1, 0.15) is 25.8 Å². The molecule has 0 bridgehead atoms. The lowest BCUT2D eigenvalue weighted by Crippen LogP contribution is -2.08. The van der Waals surface area contributed by atoms with Gasteiger partial charge in [-0.15, -0.1) is 0 Å². The molecule has 0 radical (unpaired) electrons. The molecule has 4 nitrogen and oxygen atoms in total. The number of rotatable bonds is 5. The highest BCUT2D eigenvalue weighted by Crippen LogP contribution is 2.23. The van der Waals surface area contributed by atoms with E-state index in [9.17, 15) is 0 Å². The predicted molar refractivity (Wildman–Crippen MR) is 77.2 cm³/mol. The van der Waals surface area contributed by atoms with E-state index < -0.39 is 0 Å². The highest BCUT2D eigenvalue weighted by Gasteiger charge is 2.07. The van der Waals surface area contributed by atoms with E-state index in [0.29, 0.717) is 12.4 Å². The second-order valence-electron chi connectivity index (χ2n) is 4.62. The molecular weight excluding hydrogens is 240 g/mol. The zero-order valence-corrected chi connectivity index (χ0v) is 11.6. The van der Waals surface area contributed by atoms with Gasteiger partial charge in [0.15, 0.2) is 0 Å². The largest absolute Gasteiger partial charge is 0.497 e. The summed E-state index contributed by atoms with van der Waals surface area (Å²) >= 11 is 0. The van der Waals surface area contributed by atoms with E-state index in [1.807, 2.05) is 24.3 Å². The molecule has 1 aromatic carbocycles. The van der Waals surface area contributed by atoms with Crippen molar-refractivity contribution in [2.75, 3.05) is 12.8 Å². The molecule has 2 N–H and O–H groups in total. The quantitative estimate of drug-likeness (QED) is 0.897. The van der Waals surface area contributed by atoms with E-state index in [-0.39, 0.29) is 6.10 Å². The van der Waals surface area contributed by atoms with E-state index in [4.69, 9.17) is 15.2 Å². The molecule has 1 atom stereocenters. The third-order valence-electron chi connectivity index (χ3n) is 3.24. The van der Waals surface area contributed by atoms with Crippen molar-refractivity contribution in [2.45, 2.75) is 33.0 Å². The van der Waals surface area contributed by atoms with Crippen molar-refractivity contribution in [3.63, 3.8) is 0 Å². The van der Waals surface area contributed by atoms with E-state index >= 15 is 0 Å². The summed E-state index contributed by atoms with van der Waals surface area (Å²) in [6.45, 7) is 4.64. The number of hydrogen-bond donors (Lipinski definition) is 1. The fourth-order valence-corrected chi connectivity index (χ4v) is 1.80. The monoisotopic (exact) mass is 260 g/mol. The van der Waals surface area contributed by atoms with Crippen LogP contribution in [-0.4, -0.2) is 18.2 Å². The Morgan fingerprint density at radius 1 is 1.32 bits per heavy atom. The second kappa shape index (κ2) is 5.89. The van der Waals surface area contributed by atoms with Gasteiger partial charge in [-0.25, -0.2) is 4.98 Å². The molecule has 19 heavy (non-hydrogen) atoms. The highest BCUT2D eigenvalue weighted by atomic mass is 16.5. The Kier molecular flexibility index (Phi) is 4.22. The molecule has 2 rings (SSSR count). The van der Waals surface area contributed by atoms with Gasteiger partial charge in [0, 0.05) is 17.0 Å². The summed E-state index contributed by atoms with van der Waals surface area (Å²) in [6, 6.07) is 7.80. The zero-order valence-electron chi connectivity index (χ0n) is 11.6. The standard InChI is InChI=1S/C15H20N2O2/c1-4-10(2)19-9-12-7-11-5-6-13(18-3)8-14(11)17-15(12)16/h5-8,10H,4,9H2,1-3H3,(H2,16,17). The molecule has 0 saturated heterocycles. The zero-order chi connectivity index (χ0) is 13.8. The maximum atomic E-state index is 5.97. The number of nitrogens with zero attached hydrogens (tertiary/aromatic N) is 1. The van der Waals surface area contributed by atoms with Crippen molar-refractivity contribution < 1.29 is 9.47 Å². The predicted octanol–water partition coefficient (Wildman–Crippen LogP) is 3.14. The van der Waals surface area contributed by atoms with E-state index in [2.05, 4.69) is 18.8 Å². The van der Waals surface area contributed by atoms with E-state index in [0.717, 1.165) is 28.6 Å². The molecule has 1 aromatic heterocycles. The molecule has 102 valence electrons. The topological polar surface area (TPSA) is 57.4 Å². The first-order chi connectivity index (χ1) is 9.13. The average Bonchev–Trinajstić information content (AvgIpc) is 2.44. The molecule has 1 unspecified atom stereocenters. The molecule has 0 aliphatic heterocycles. The van der Waals surface area contributed by atoms with Gasteiger partial charge in [-0.1, -0.05) is 6.92 Å². The van der Waals surface area contributed by atoms with Gasteiger partial charge in [0.05, 0.1) is 25.3 Å². The first-order valence-corrected chi connectivity index (χ1v) is 6.48. The Hall–Kier alpha value is -1.81. The second-order valence-corrected chi connectivity index (χ2v) is 4.62. The van der Waals surface area contributed by atoms with Crippen molar-refractivity contribution in [2.24, 2.45) is 0 Å². The Morgan fingerprint density at radius 3 is 2.79 bits per heavy atom. The smallest absolute Gasteiger partial charge is 0.129 e. The molecule has 2 aromatic rings. The lowest BCUT2D eigenvalue weighted by Gasteiger charge is -2.12. The van der Waals surface area contributed by atoms with E-state index in [1.54, 1.807) is 7.11 Å². The number of pyridine rings is 1. The van der Waals surface area contributed by atoms with Crippen LogP contribution < -0.4 is 10.5 Å². The summed E-state index contributed by atoms with van der Waals surface area (Å²) in [4.78, 5) is 4.41. The van der Waals surface area contributed by atoms with Crippen molar-refractivity contribution >= 4 is 16.7 Å². The third kappa shape index (κ3) is 3.15. The van der Waals surface area contributed by atoms with Crippen LogP contribution in [0.15, 0.2) is 24.3 Å².